The number of fused-ring (bicyclic) bond motifs is 1. The number of hydrogen-bond donors (Lipinski definition) is 3. The monoisotopic (exact) mass is 704 g/mol. The average Bonchev–Trinajstić information content (AvgIpc) is 3.60. The third kappa shape index (κ3) is 7.86. The summed E-state index contributed by atoms with van der Waals surface area (Å²) < 4.78 is 12.3. The molecule has 1 fully saturated rings. The average molecular weight is 705 g/mol. The minimum Gasteiger partial charge on any atom is -0.459 e. The summed E-state index contributed by atoms with van der Waals surface area (Å²) in [5.74, 6) is 0.500. The van der Waals surface area contributed by atoms with Crippen LogP contribution in [0.5, 0.6) is 0 Å². The lowest BCUT2D eigenvalue weighted by Gasteiger charge is -2.36. The van der Waals surface area contributed by atoms with Crippen molar-refractivity contribution in [2.45, 2.75) is 26.8 Å². The number of furan rings is 1. The first-order valence-corrected chi connectivity index (χ1v) is 17.7. The maximum Gasteiger partial charge on any atom is 0.291 e. The SMILES string of the molecule is Cc1ccoc1C(=O)Nc1ccc(-n2ccc(C)c(N3CCc4nc(Nc5ccc(N6CCN(CCOCCO)CC6)cc5)ncc4C3)c2=O)cc1. The molecule has 2 aliphatic rings. The molecule has 2 aromatic carbocycles. The predicted octanol–water partition coefficient (Wildman–Crippen LogP) is 4.53. The summed E-state index contributed by atoms with van der Waals surface area (Å²) in [5.41, 5.74) is 7.57. The van der Waals surface area contributed by atoms with Crippen molar-refractivity contribution < 1.29 is 19.1 Å². The number of piperazine rings is 1. The maximum absolute atomic E-state index is 13.9. The van der Waals surface area contributed by atoms with Gasteiger partial charge in [0, 0.05) is 98.5 Å². The number of nitrogens with one attached hydrogen (secondary N) is 2. The number of carbonyl (C=O) groups excluding carboxylic acids is 1. The fourth-order valence-electron chi connectivity index (χ4n) is 6.74. The van der Waals surface area contributed by atoms with Gasteiger partial charge in [0.1, 0.15) is 5.69 Å². The molecule has 270 valence electrons. The molecule has 13 heteroatoms. The summed E-state index contributed by atoms with van der Waals surface area (Å²) in [4.78, 5) is 42.8. The highest BCUT2D eigenvalue weighted by Gasteiger charge is 2.24. The molecule has 0 radical (unpaired) electrons. The number of aliphatic hydroxyl groups is 1. The van der Waals surface area contributed by atoms with Crippen LogP contribution in [0.15, 0.2) is 88.5 Å². The largest absolute Gasteiger partial charge is 0.459 e. The van der Waals surface area contributed by atoms with Crippen molar-refractivity contribution in [3.8, 4) is 5.69 Å². The Bertz CT molecular complexity index is 2050. The smallest absolute Gasteiger partial charge is 0.291 e. The van der Waals surface area contributed by atoms with Crippen molar-refractivity contribution in [1.29, 1.82) is 0 Å². The summed E-state index contributed by atoms with van der Waals surface area (Å²) in [6, 6.07) is 19.2. The van der Waals surface area contributed by atoms with E-state index in [0.717, 1.165) is 60.8 Å². The number of ether oxygens (including phenoxy) is 1. The van der Waals surface area contributed by atoms with E-state index in [9.17, 15) is 9.59 Å². The van der Waals surface area contributed by atoms with Gasteiger partial charge >= 0.3 is 0 Å². The number of carbonyl (C=O) groups is 1. The van der Waals surface area contributed by atoms with Crippen LogP contribution in [0, 0.1) is 13.8 Å². The number of pyridine rings is 1. The molecular weight excluding hydrogens is 660 g/mol. The number of nitrogens with zero attached hydrogens (tertiary/aromatic N) is 6. The molecule has 0 saturated carbocycles. The van der Waals surface area contributed by atoms with Gasteiger partial charge in [-0.15, -0.1) is 0 Å². The third-order valence-corrected chi connectivity index (χ3v) is 9.64. The number of benzene rings is 2. The molecule has 3 N–H and O–H groups in total. The van der Waals surface area contributed by atoms with Crippen LogP contribution in [0.1, 0.15) is 32.9 Å². The van der Waals surface area contributed by atoms with Gasteiger partial charge in [-0.3, -0.25) is 19.1 Å². The van der Waals surface area contributed by atoms with E-state index >= 15 is 0 Å². The molecule has 1 amide bonds. The van der Waals surface area contributed by atoms with Gasteiger partial charge in [-0.05, 0) is 80.1 Å². The highest BCUT2D eigenvalue weighted by molar-refractivity contribution is 6.03. The first-order chi connectivity index (χ1) is 25.4. The van der Waals surface area contributed by atoms with E-state index in [1.807, 2.05) is 38.2 Å². The maximum atomic E-state index is 13.9. The van der Waals surface area contributed by atoms with Gasteiger partial charge in [-0.2, -0.15) is 0 Å². The molecule has 0 spiro atoms. The number of rotatable bonds is 12. The molecule has 1 saturated heterocycles. The number of aromatic nitrogens is 3. The zero-order valence-corrected chi connectivity index (χ0v) is 29.5. The second-order valence-electron chi connectivity index (χ2n) is 13.1. The normalized spacial score (nSPS) is 14.7. The van der Waals surface area contributed by atoms with Gasteiger partial charge in [0.05, 0.1) is 31.8 Å². The lowest BCUT2D eigenvalue weighted by molar-refractivity contribution is 0.0724. The van der Waals surface area contributed by atoms with E-state index in [0.29, 0.717) is 55.7 Å². The molecule has 3 aromatic heterocycles. The first kappa shape index (κ1) is 34.9. The van der Waals surface area contributed by atoms with Gasteiger partial charge < -0.3 is 34.7 Å². The van der Waals surface area contributed by atoms with Crippen LogP contribution in [0.4, 0.5) is 28.7 Å². The molecule has 5 aromatic rings. The van der Waals surface area contributed by atoms with Gasteiger partial charge in [0.15, 0.2) is 5.76 Å². The second-order valence-corrected chi connectivity index (χ2v) is 13.1. The molecule has 52 heavy (non-hydrogen) atoms. The Morgan fingerprint density at radius 1 is 0.885 bits per heavy atom. The Hall–Kier alpha value is -5.50. The van der Waals surface area contributed by atoms with Crippen molar-refractivity contribution >= 4 is 34.6 Å². The summed E-state index contributed by atoms with van der Waals surface area (Å²) in [6.07, 6.45) is 5.81. The van der Waals surface area contributed by atoms with Crippen LogP contribution < -0.4 is 26.0 Å². The fourth-order valence-corrected chi connectivity index (χ4v) is 6.74. The molecule has 0 atom stereocenters. The molecular formula is C39H44N8O5. The summed E-state index contributed by atoms with van der Waals surface area (Å²) >= 11 is 0. The Balaban J connectivity index is 0.965. The summed E-state index contributed by atoms with van der Waals surface area (Å²) in [7, 11) is 0. The Morgan fingerprint density at radius 2 is 1.63 bits per heavy atom. The zero-order chi connectivity index (χ0) is 36.0. The topological polar surface area (TPSA) is 141 Å². The van der Waals surface area contributed by atoms with Crippen molar-refractivity contribution in [2.24, 2.45) is 0 Å². The van der Waals surface area contributed by atoms with E-state index < -0.39 is 0 Å². The van der Waals surface area contributed by atoms with E-state index in [-0.39, 0.29) is 23.8 Å². The quantitative estimate of drug-likeness (QED) is 0.158. The molecule has 13 nitrogen and oxygen atoms in total. The molecule has 0 aliphatic carbocycles. The van der Waals surface area contributed by atoms with Crippen LogP contribution in [-0.4, -0.2) is 89.5 Å². The number of hydrogen-bond acceptors (Lipinski definition) is 11. The molecule has 0 unspecified atom stereocenters. The van der Waals surface area contributed by atoms with Crippen LogP contribution in [0.25, 0.3) is 5.69 Å². The van der Waals surface area contributed by atoms with Gasteiger partial charge in [0.25, 0.3) is 11.5 Å². The molecule has 7 rings (SSSR count). The fraction of sp³-hybridized carbons (Fsp3) is 0.333. The number of anilines is 5. The van der Waals surface area contributed by atoms with Crippen molar-refractivity contribution in [2.75, 3.05) is 79.5 Å². The van der Waals surface area contributed by atoms with Gasteiger partial charge in [0.2, 0.25) is 5.95 Å². The van der Waals surface area contributed by atoms with Crippen LogP contribution in [-0.2, 0) is 17.7 Å². The standard InChI is InChI=1S/C39H44N8O5/c1-27-11-15-47(33-9-5-30(6-10-33)41-37(49)36-28(2)13-22-52-36)38(50)35(27)46-14-12-34-29(26-46)25-40-39(43-34)42-31-3-7-32(8-4-31)45-18-16-44(17-19-45)20-23-51-24-21-48/h3-11,13,15,22,25,48H,12,14,16-21,23-24,26H2,1-2H3,(H,41,49)(H,40,42,43). The molecule has 0 bridgehead atoms. The molecule has 2 aliphatic heterocycles. The first-order valence-electron chi connectivity index (χ1n) is 17.7. The van der Waals surface area contributed by atoms with Crippen LogP contribution >= 0.6 is 0 Å². The minimum atomic E-state index is -0.323. The summed E-state index contributed by atoms with van der Waals surface area (Å²) in [6.45, 7) is 10.8. The predicted molar refractivity (Wildman–Crippen MR) is 201 cm³/mol. The van der Waals surface area contributed by atoms with Crippen molar-refractivity contribution in [1.82, 2.24) is 19.4 Å². The van der Waals surface area contributed by atoms with E-state index in [4.69, 9.17) is 19.2 Å². The second kappa shape index (κ2) is 15.8. The summed E-state index contributed by atoms with van der Waals surface area (Å²) in [5, 5.41) is 15.1. The Labute approximate surface area is 302 Å². The van der Waals surface area contributed by atoms with Gasteiger partial charge in [-0.1, -0.05) is 0 Å². The zero-order valence-electron chi connectivity index (χ0n) is 29.5. The van der Waals surface area contributed by atoms with Gasteiger partial charge in [-0.25, -0.2) is 9.97 Å². The Morgan fingerprint density at radius 3 is 2.37 bits per heavy atom. The lowest BCUT2D eigenvalue weighted by atomic mass is 10.1. The number of amides is 1. The van der Waals surface area contributed by atoms with Crippen molar-refractivity contribution in [3.05, 3.63) is 118 Å². The highest BCUT2D eigenvalue weighted by atomic mass is 16.5. The lowest BCUT2D eigenvalue weighted by Crippen LogP contribution is -2.47. The van der Waals surface area contributed by atoms with Crippen LogP contribution in [0.3, 0.4) is 0 Å². The minimum absolute atomic E-state index is 0.0630. The Kier molecular flexibility index (Phi) is 10.6. The van der Waals surface area contributed by atoms with E-state index in [2.05, 4.69) is 54.6 Å². The third-order valence-electron chi connectivity index (χ3n) is 9.64. The van der Waals surface area contributed by atoms with E-state index in [1.165, 1.54) is 12.0 Å². The number of aliphatic hydroxyl groups excluding tert-OH is 1. The van der Waals surface area contributed by atoms with Crippen LogP contribution in [0.2, 0.25) is 0 Å². The molecule has 5 heterocycles. The number of aryl methyl sites for hydroxylation is 2. The van der Waals surface area contributed by atoms with E-state index in [1.54, 1.807) is 29.0 Å². The van der Waals surface area contributed by atoms with Crippen molar-refractivity contribution in [3.63, 3.8) is 0 Å². The highest BCUT2D eigenvalue weighted by Crippen LogP contribution is 2.26.